The van der Waals surface area contributed by atoms with Crippen LogP contribution in [-0.2, 0) is 14.3 Å². The smallest absolute Gasteiger partial charge is 0.475 e. The number of urea groups is 1. The maximum absolute atomic E-state index is 12.8. The van der Waals surface area contributed by atoms with E-state index in [1.165, 1.54) is 0 Å². The summed E-state index contributed by atoms with van der Waals surface area (Å²) >= 11 is 0. The Balaban J connectivity index is 0.000000423. The first-order valence-electron chi connectivity index (χ1n) is 10.7. The van der Waals surface area contributed by atoms with Crippen molar-refractivity contribution in [1.29, 1.82) is 0 Å². The molecule has 1 N–H and O–H groups in total. The second kappa shape index (κ2) is 10.8. The lowest BCUT2D eigenvalue weighted by molar-refractivity contribution is -0.192. The molecular formula is C20H34F3N3O5. The summed E-state index contributed by atoms with van der Waals surface area (Å²) in [7, 11) is 2.17. The van der Waals surface area contributed by atoms with Gasteiger partial charge in [0, 0.05) is 32.2 Å². The molecule has 0 saturated carbocycles. The lowest BCUT2D eigenvalue weighted by atomic mass is 9.93. The highest BCUT2D eigenvalue weighted by molar-refractivity contribution is 5.75. The van der Waals surface area contributed by atoms with Crippen LogP contribution in [0.1, 0.15) is 33.1 Å². The van der Waals surface area contributed by atoms with Gasteiger partial charge >= 0.3 is 18.2 Å². The molecule has 2 amide bonds. The number of likely N-dealkylation sites (tertiary alicyclic amines) is 1. The number of carboxylic acid groups (broad SMARTS) is 1. The Hall–Kier alpha value is -1.59. The summed E-state index contributed by atoms with van der Waals surface area (Å²) in [4.78, 5) is 28.0. The van der Waals surface area contributed by atoms with E-state index >= 15 is 0 Å². The molecule has 0 bridgehead atoms. The van der Waals surface area contributed by atoms with E-state index in [4.69, 9.17) is 19.4 Å². The Morgan fingerprint density at radius 1 is 1.19 bits per heavy atom. The summed E-state index contributed by atoms with van der Waals surface area (Å²) in [5.41, 5.74) is -0.311. The third-order valence-electron chi connectivity index (χ3n) is 5.95. The zero-order valence-corrected chi connectivity index (χ0v) is 18.5. The maximum Gasteiger partial charge on any atom is 0.490 e. The van der Waals surface area contributed by atoms with Gasteiger partial charge < -0.3 is 29.3 Å². The van der Waals surface area contributed by atoms with E-state index in [1.807, 2.05) is 9.80 Å². The van der Waals surface area contributed by atoms with Gasteiger partial charge in [0.25, 0.3) is 0 Å². The monoisotopic (exact) mass is 453 g/mol. The van der Waals surface area contributed by atoms with Crippen LogP contribution in [-0.4, -0.2) is 109 Å². The van der Waals surface area contributed by atoms with Crippen molar-refractivity contribution in [3.05, 3.63) is 0 Å². The molecule has 0 aromatic rings. The van der Waals surface area contributed by atoms with Gasteiger partial charge in [-0.05, 0) is 46.1 Å². The lowest BCUT2D eigenvalue weighted by Crippen LogP contribution is -2.50. The van der Waals surface area contributed by atoms with Crippen molar-refractivity contribution in [1.82, 2.24) is 14.7 Å². The van der Waals surface area contributed by atoms with Crippen LogP contribution in [0, 0.1) is 5.92 Å². The largest absolute Gasteiger partial charge is 0.490 e. The summed E-state index contributed by atoms with van der Waals surface area (Å²) in [5.74, 6) is -2.24. The number of nitrogens with zero attached hydrogens (tertiary/aromatic N) is 3. The standard InChI is InChI=1S/C18H33N3O3.C2HF3O2/c1-15(2)19(3)11-16-10-18(24-12-16)13-21(8-9-23-14-18)17(22)20-6-4-5-7-20;3-2(4,5)1(6)7/h15-16H,4-14H2,1-3H3;(H,6,7). The molecular weight excluding hydrogens is 419 g/mol. The molecule has 0 aromatic carbocycles. The molecule has 0 aliphatic carbocycles. The summed E-state index contributed by atoms with van der Waals surface area (Å²) in [6.07, 6.45) is -1.85. The summed E-state index contributed by atoms with van der Waals surface area (Å²) < 4.78 is 43.8. The molecule has 3 aliphatic heterocycles. The summed E-state index contributed by atoms with van der Waals surface area (Å²) in [5, 5.41) is 7.12. The fourth-order valence-electron chi connectivity index (χ4n) is 4.06. The SMILES string of the molecule is CC(C)N(C)CC1COC2(COCCN(C(=O)N3CCCC3)C2)C1.O=C(O)C(F)(F)F. The van der Waals surface area contributed by atoms with Crippen molar-refractivity contribution >= 4 is 12.0 Å². The van der Waals surface area contributed by atoms with Gasteiger partial charge in [0.05, 0.1) is 26.4 Å². The fraction of sp³-hybridized carbons (Fsp3) is 0.900. The fourth-order valence-corrected chi connectivity index (χ4v) is 4.06. The molecule has 3 rings (SSSR count). The molecule has 1 spiro atoms. The minimum atomic E-state index is -5.08. The van der Waals surface area contributed by atoms with Crippen molar-refractivity contribution in [2.45, 2.75) is 50.9 Å². The first kappa shape index (κ1) is 25.7. The van der Waals surface area contributed by atoms with Gasteiger partial charge in [0.2, 0.25) is 0 Å². The number of carboxylic acids is 1. The summed E-state index contributed by atoms with van der Waals surface area (Å²) in [6, 6.07) is 0.712. The van der Waals surface area contributed by atoms with Crippen LogP contribution in [0.4, 0.5) is 18.0 Å². The molecule has 2 unspecified atom stereocenters. The minimum Gasteiger partial charge on any atom is -0.475 e. The zero-order chi connectivity index (χ0) is 23.2. The zero-order valence-electron chi connectivity index (χ0n) is 18.5. The first-order chi connectivity index (χ1) is 14.4. The lowest BCUT2D eigenvalue weighted by Gasteiger charge is -2.33. The van der Waals surface area contributed by atoms with Gasteiger partial charge in [0.1, 0.15) is 5.60 Å². The number of carbonyl (C=O) groups is 2. The average Bonchev–Trinajstić information content (AvgIpc) is 3.29. The van der Waals surface area contributed by atoms with E-state index in [9.17, 15) is 18.0 Å². The second-order valence-electron chi connectivity index (χ2n) is 8.85. The van der Waals surface area contributed by atoms with E-state index in [-0.39, 0.29) is 11.6 Å². The number of hydrogen-bond acceptors (Lipinski definition) is 5. The predicted octanol–water partition coefficient (Wildman–Crippen LogP) is 2.28. The Kier molecular flexibility index (Phi) is 8.96. The van der Waals surface area contributed by atoms with Gasteiger partial charge in [-0.1, -0.05) is 0 Å². The first-order valence-corrected chi connectivity index (χ1v) is 10.7. The van der Waals surface area contributed by atoms with Gasteiger partial charge in [0.15, 0.2) is 0 Å². The summed E-state index contributed by atoms with van der Waals surface area (Å²) in [6.45, 7) is 10.6. The normalized spacial score (nSPS) is 26.9. The van der Waals surface area contributed by atoms with Gasteiger partial charge in [-0.15, -0.1) is 0 Å². The number of aliphatic carboxylic acids is 1. The molecule has 8 nitrogen and oxygen atoms in total. The molecule has 3 fully saturated rings. The predicted molar refractivity (Wildman–Crippen MR) is 107 cm³/mol. The highest BCUT2D eigenvalue weighted by Gasteiger charge is 2.45. The number of hydrogen-bond donors (Lipinski definition) is 1. The number of rotatable bonds is 3. The van der Waals surface area contributed by atoms with Gasteiger partial charge in [-0.3, -0.25) is 0 Å². The maximum atomic E-state index is 12.8. The molecule has 3 aliphatic rings. The minimum absolute atomic E-state index is 0.170. The highest BCUT2D eigenvalue weighted by atomic mass is 19.4. The molecule has 0 aromatic heterocycles. The number of carbonyl (C=O) groups excluding carboxylic acids is 1. The van der Waals surface area contributed by atoms with Crippen molar-refractivity contribution in [3.63, 3.8) is 0 Å². The molecule has 180 valence electrons. The quantitative estimate of drug-likeness (QED) is 0.706. The van der Waals surface area contributed by atoms with Crippen molar-refractivity contribution in [2.24, 2.45) is 5.92 Å². The molecule has 2 atom stereocenters. The number of amides is 2. The molecule has 0 radical (unpaired) electrons. The van der Waals surface area contributed by atoms with Gasteiger partial charge in [-0.25, -0.2) is 9.59 Å². The van der Waals surface area contributed by atoms with E-state index < -0.39 is 12.1 Å². The van der Waals surface area contributed by atoms with Crippen LogP contribution in [0.3, 0.4) is 0 Å². The van der Waals surface area contributed by atoms with Crippen LogP contribution in [0.2, 0.25) is 0 Å². The molecule has 11 heteroatoms. The highest BCUT2D eigenvalue weighted by Crippen LogP contribution is 2.33. The molecule has 3 heterocycles. The van der Waals surface area contributed by atoms with Crippen LogP contribution < -0.4 is 0 Å². The average molecular weight is 454 g/mol. The third kappa shape index (κ3) is 7.50. The Morgan fingerprint density at radius 3 is 2.35 bits per heavy atom. The van der Waals surface area contributed by atoms with Crippen LogP contribution in [0.5, 0.6) is 0 Å². The van der Waals surface area contributed by atoms with E-state index in [2.05, 4.69) is 25.8 Å². The molecule has 31 heavy (non-hydrogen) atoms. The Bertz CT molecular complexity index is 613. The van der Waals surface area contributed by atoms with E-state index in [0.29, 0.717) is 38.3 Å². The van der Waals surface area contributed by atoms with Crippen LogP contribution in [0.15, 0.2) is 0 Å². The van der Waals surface area contributed by atoms with Crippen molar-refractivity contribution in [2.75, 3.05) is 59.6 Å². The Labute approximate surface area is 181 Å². The number of halogens is 3. The van der Waals surface area contributed by atoms with Crippen molar-refractivity contribution < 1.29 is 37.3 Å². The number of ether oxygens (including phenoxy) is 2. The Morgan fingerprint density at radius 2 is 1.81 bits per heavy atom. The topological polar surface area (TPSA) is 82.6 Å². The second-order valence-corrected chi connectivity index (χ2v) is 8.85. The number of alkyl halides is 3. The third-order valence-corrected chi connectivity index (χ3v) is 5.95. The van der Waals surface area contributed by atoms with Crippen LogP contribution in [0.25, 0.3) is 0 Å². The van der Waals surface area contributed by atoms with Crippen molar-refractivity contribution in [3.8, 4) is 0 Å². The van der Waals surface area contributed by atoms with Gasteiger partial charge in [-0.2, -0.15) is 13.2 Å². The van der Waals surface area contributed by atoms with E-state index in [0.717, 1.165) is 45.5 Å². The molecule has 3 saturated heterocycles. The van der Waals surface area contributed by atoms with Crippen LogP contribution >= 0.6 is 0 Å². The van der Waals surface area contributed by atoms with E-state index in [1.54, 1.807) is 0 Å².